The van der Waals surface area contributed by atoms with Gasteiger partial charge in [0.15, 0.2) is 0 Å². The summed E-state index contributed by atoms with van der Waals surface area (Å²) < 4.78 is 5.59. The summed E-state index contributed by atoms with van der Waals surface area (Å²) in [6.45, 7) is 6.19. The van der Waals surface area contributed by atoms with Gasteiger partial charge in [-0.25, -0.2) is 0 Å². The van der Waals surface area contributed by atoms with Crippen LogP contribution in [-0.2, 0) is 4.79 Å². The van der Waals surface area contributed by atoms with Crippen LogP contribution in [0.3, 0.4) is 0 Å². The van der Waals surface area contributed by atoms with Crippen LogP contribution in [0.15, 0.2) is 24.3 Å². The molecule has 0 aromatic heterocycles. The van der Waals surface area contributed by atoms with Crippen LogP contribution in [-0.4, -0.2) is 37.0 Å². The first-order chi connectivity index (χ1) is 10.0. The molecule has 1 aromatic rings. The van der Waals surface area contributed by atoms with E-state index in [0.29, 0.717) is 12.3 Å². The number of nitrogens with one attached hydrogen (secondary N) is 1. The number of anilines is 1. The monoisotopic (exact) mass is 290 g/mol. The van der Waals surface area contributed by atoms with Gasteiger partial charge in [0.1, 0.15) is 5.75 Å². The van der Waals surface area contributed by atoms with Crippen LogP contribution in [0.5, 0.6) is 5.75 Å². The van der Waals surface area contributed by atoms with Gasteiger partial charge < -0.3 is 15.0 Å². The van der Waals surface area contributed by atoms with Crippen molar-refractivity contribution in [3.63, 3.8) is 0 Å². The molecule has 0 unspecified atom stereocenters. The molecule has 21 heavy (non-hydrogen) atoms. The minimum absolute atomic E-state index is 0.113. The Morgan fingerprint density at radius 1 is 1.29 bits per heavy atom. The van der Waals surface area contributed by atoms with Crippen molar-refractivity contribution in [2.75, 3.05) is 25.5 Å². The summed E-state index contributed by atoms with van der Waals surface area (Å²) in [7, 11) is 2.14. The maximum absolute atomic E-state index is 12.1. The molecular weight excluding hydrogens is 264 g/mol. The second-order valence-electron chi connectivity index (χ2n) is 6.19. The van der Waals surface area contributed by atoms with E-state index in [9.17, 15) is 4.79 Å². The Bertz CT molecular complexity index is 448. The fraction of sp³-hybridized carbons (Fsp3) is 0.588. The largest absolute Gasteiger partial charge is 0.491 e. The molecule has 1 aromatic carbocycles. The van der Waals surface area contributed by atoms with E-state index < -0.39 is 0 Å². The second kappa shape index (κ2) is 7.46. The van der Waals surface area contributed by atoms with Gasteiger partial charge in [-0.05, 0) is 77.0 Å². The first kappa shape index (κ1) is 15.8. The number of nitrogens with zero attached hydrogens (tertiary/aromatic N) is 1. The summed E-state index contributed by atoms with van der Waals surface area (Å²) >= 11 is 0. The van der Waals surface area contributed by atoms with E-state index >= 15 is 0 Å². The number of carbonyl (C=O) groups excluding carboxylic acids is 1. The Morgan fingerprint density at radius 2 is 1.90 bits per heavy atom. The third-order valence-electron chi connectivity index (χ3n) is 3.82. The average molecular weight is 290 g/mol. The van der Waals surface area contributed by atoms with Crippen LogP contribution in [0, 0.1) is 5.92 Å². The highest BCUT2D eigenvalue weighted by atomic mass is 16.5. The highest BCUT2D eigenvalue weighted by Gasteiger charge is 2.19. The molecule has 4 nitrogen and oxygen atoms in total. The SMILES string of the molecule is CC(C)Oc1ccc(NC(=O)CC2CCN(C)CC2)cc1. The van der Waals surface area contributed by atoms with Crippen LogP contribution in [0.25, 0.3) is 0 Å². The van der Waals surface area contributed by atoms with Gasteiger partial charge in [-0.1, -0.05) is 0 Å². The van der Waals surface area contributed by atoms with Gasteiger partial charge in [-0.2, -0.15) is 0 Å². The Kier molecular flexibility index (Phi) is 5.62. The smallest absolute Gasteiger partial charge is 0.224 e. The Labute approximate surface area is 127 Å². The van der Waals surface area contributed by atoms with Crippen molar-refractivity contribution >= 4 is 11.6 Å². The van der Waals surface area contributed by atoms with E-state index in [-0.39, 0.29) is 12.0 Å². The molecule has 1 aliphatic heterocycles. The molecule has 0 atom stereocenters. The minimum Gasteiger partial charge on any atom is -0.491 e. The molecule has 0 spiro atoms. The van der Waals surface area contributed by atoms with E-state index in [1.807, 2.05) is 38.1 Å². The van der Waals surface area contributed by atoms with Crippen LogP contribution in [0.2, 0.25) is 0 Å². The lowest BCUT2D eigenvalue weighted by atomic mass is 9.93. The number of piperidine rings is 1. The molecule has 4 heteroatoms. The van der Waals surface area contributed by atoms with E-state index in [0.717, 1.165) is 37.4 Å². The molecule has 0 radical (unpaired) electrons. The standard InChI is InChI=1S/C17H26N2O2/c1-13(2)21-16-6-4-15(5-7-16)18-17(20)12-14-8-10-19(3)11-9-14/h4-7,13-14H,8-12H2,1-3H3,(H,18,20). The van der Waals surface area contributed by atoms with Crippen molar-refractivity contribution in [2.45, 2.75) is 39.2 Å². The number of hydrogen-bond donors (Lipinski definition) is 1. The quantitative estimate of drug-likeness (QED) is 0.906. The van der Waals surface area contributed by atoms with E-state index in [1.54, 1.807) is 0 Å². The van der Waals surface area contributed by atoms with Crippen molar-refractivity contribution < 1.29 is 9.53 Å². The maximum Gasteiger partial charge on any atom is 0.224 e. The zero-order valence-corrected chi connectivity index (χ0v) is 13.3. The van der Waals surface area contributed by atoms with E-state index in [4.69, 9.17) is 4.74 Å². The third kappa shape index (κ3) is 5.38. The van der Waals surface area contributed by atoms with E-state index in [2.05, 4.69) is 17.3 Å². The van der Waals surface area contributed by atoms with Gasteiger partial charge in [-0.15, -0.1) is 0 Å². The van der Waals surface area contributed by atoms with Crippen molar-refractivity contribution in [2.24, 2.45) is 5.92 Å². The molecular formula is C17H26N2O2. The number of carbonyl (C=O) groups is 1. The normalized spacial score (nSPS) is 17.0. The fourth-order valence-electron chi connectivity index (χ4n) is 2.63. The molecule has 2 rings (SSSR count). The minimum atomic E-state index is 0.113. The third-order valence-corrected chi connectivity index (χ3v) is 3.82. The van der Waals surface area contributed by atoms with Gasteiger partial charge in [0.05, 0.1) is 6.10 Å². The van der Waals surface area contributed by atoms with Gasteiger partial charge >= 0.3 is 0 Å². The van der Waals surface area contributed by atoms with E-state index in [1.165, 1.54) is 0 Å². The van der Waals surface area contributed by atoms with Gasteiger partial charge in [-0.3, -0.25) is 4.79 Å². The van der Waals surface area contributed by atoms with Crippen LogP contribution >= 0.6 is 0 Å². The molecule has 1 saturated heterocycles. The molecule has 1 fully saturated rings. The predicted molar refractivity (Wildman–Crippen MR) is 85.7 cm³/mol. The lowest BCUT2D eigenvalue weighted by molar-refractivity contribution is -0.117. The summed E-state index contributed by atoms with van der Waals surface area (Å²) in [5, 5.41) is 2.97. The Morgan fingerprint density at radius 3 is 2.48 bits per heavy atom. The molecule has 0 saturated carbocycles. The molecule has 116 valence electrons. The molecule has 1 aliphatic rings. The fourth-order valence-corrected chi connectivity index (χ4v) is 2.63. The summed E-state index contributed by atoms with van der Waals surface area (Å²) in [5.41, 5.74) is 0.837. The van der Waals surface area contributed by atoms with Crippen molar-refractivity contribution in [1.82, 2.24) is 4.90 Å². The summed E-state index contributed by atoms with van der Waals surface area (Å²) in [5.74, 6) is 1.46. The Hall–Kier alpha value is -1.55. The second-order valence-corrected chi connectivity index (χ2v) is 6.19. The van der Waals surface area contributed by atoms with Crippen LogP contribution < -0.4 is 10.1 Å². The van der Waals surface area contributed by atoms with Gasteiger partial charge in [0.2, 0.25) is 5.91 Å². The summed E-state index contributed by atoms with van der Waals surface area (Å²) in [6, 6.07) is 7.57. The number of hydrogen-bond acceptors (Lipinski definition) is 3. The zero-order chi connectivity index (χ0) is 15.2. The van der Waals surface area contributed by atoms with Crippen LogP contribution in [0.4, 0.5) is 5.69 Å². The molecule has 0 aliphatic carbocycles. The lowest BCUT2D eigenvalue weighted by Crippen LogP contribution is -2.31. The van der Waals surface area contributed by atoms with Crippen LogP contribution in [0.1, 0.15) is 33.1 Å². The zero-order valence-electron chi connectivity index (χ0n) is 13.3. The molecule has 0 bridgehead atoms. The number of rotatable bonds is 5. The number of likely N-dealkylation sites (tertiary alicyclic amines) is 1. The topological polar surface area (TPSA) is 41.6 Å². The molecule has 1 amide bonds. The Balaban J connectivity index is 1.79. The highest BCUT2D eigenvalue weighted by molar-refractivity contribution is 5.90. The average Bonchev–Trinajstić information content (AvgIpc) is 2.43. The van der Waals surface area contributed by atoms with Gasteiger partial charge in [0, 0.05) is 12.1 Å². The summed E-state index contributed by atoms with van der Waals surface area (Å²) in [6.07, 6.45) is 3.02. The molecule has 1 N–H and O–H groups in total. The lowest BCUT2D eigenvalue weighted by Gasteiger charge is -2.28. The van der Waals surface area contributed by atoms with Crippen molar-refractivity contribution in [1.29, 1.82) is 0 Å². The van der Waals surface area contributed by atoms with Gasteiger partial charge in [0.25, 0.3) is 0 Å². The molecule has 1 heterocycles. The first-order valence-corrected chi connectivity index (χ1v) is 7.78. The number of ether oxygens (including phenoxy) is 1. The maximum atomic E-state index is 12.1. The number of amides is 1. The van der Waals surface area contributed by atoms with Crippen molar-refractivity contribution in [3.05, 3.63) is 24.3 Å². The highest BCUT2D eigenvalue weighted by Crippen LogP contribution is 2.21. The number of benzene rings is 1. The predicted octanol–water partition coefficient (Wildman–Crippen LogP) is 3.14. The first-order valence-electron chi connectivity index (χ1n) is 7.78. The van der Waals surface area contributed by atoms with Crippen molar-refractivity contribution in [3.8, 4) is 5.75 Å². The summed E-state index contributed by atoms with van der Waals surface area (Å²) in [4.78, 5) is 14.4.